The van der Waals surface area contributed by atoms with Crippen LogP contribution in [0.2, 0.25) is 5.02 Å². The van der Waals surface area contributed by atoms with Crippen LogP contribution in [-0.2, 0) is 4.79 Å². The molecule has 2 rings (SSSR count). The second-order valence-electron chi connectivity index (χ2n) is 4.85. The van der Waals surface area contributed by atoms with Crippen LogP contribution in [-0.4, -0.2) is 12.5 Å². The number of carbonyl (C=O) groups excluding carboxylic acids is 1. The van der Waals surface area contributed by atoms with Crippen LogP contribution in [0.25, 0.3) is 0 Å². The van der Waals surface area contributed by atoms with Gasteiger partial charge in [0.1, 0.15) is 16.8 Å². The van der Waals surface area contributed by atoms with E-state index in [-0.39, 0.29) is 12.5 Å². The van der Waals surface area contributed by atoms with Crippen LogP contribution in [0.15, 0.2) is 18.2 Å². The third-order valence-corrected chi connectivity index (χ3v) is 4.60. The third-order valence-electron chi connectivity index (χ3n) is 3.25. The van der Waals surface area contributed by atoms with E-state index in [1.54, 1.807) is 18.2 Å². The number of benzene rings is 1. The molecular formula is C16H15ClN2O2S. The number of hydrogen-bond acceptors (Lipinski definition) is 4. The smallest absolute Gasteiger partial charge is 0.262 e. The summed E-state index contributed by atoms with van der Waals surface area (Å²) in [5, 5.41) is 13.1. The lowest BCUT2D eigenvalue weighted by atomic mass is 10.2. The molecule has 0 atom stereocenters. The Morgan fingerprint density at radius 3 is 2.77 bits per heavy atom. The van der Waals surface area contributed by atoms with Crippen LogP contribution in [0.5, 0.6) is 5.75 Å². The highest BCUT2D eigenvalue weighted by Crippen LogP contribution is 2.31. The molecule has 0 fully saturated rings. The highest BCUT2D eigenvalue weighted by molar-refractivity contribution is 7.16. The maximum absolute atomic E-state index is 12.0. The molecule has 4 nitrogen and oxygen atoms in total. The molecule has 0 aliphatic heterocycles. The van der Waals surface area contributed by atoms with Gasteiger partial charge in [-0.1, -0.05) is 11.6 Å². The molecule has 6 heteroatoms. The van der Waals surface area contributed by atoms with Crippen molar-refractivity contribution in [1.29, 1.82) is 5.26 Å². The quantitative estimate of drug-likeness (QED) is 0.910. The number of nitriles is 1. The van der Waals surface area contributed by atoms with E-state index < -0.39 is 0 Å². The number of rotatable bonds is 4. The molecule has 1 heterocycles. The van der Waals surface area contributed by atoms with E-state index in [0.29, 0.717) is 21.3 Å². The Labute approximate surface area is 138 Å². The zero-order valence-corrected chi connectivity index (χ0v) is 14.1. The molecule has 1 aromatic carbocycles. The summed E-state index contributed by atoms with van der Waals surface area (Å²) in [4.78, 5) is 13.0. The molecule has 0 radical (unpaired) electrons. The Hall–Kier alpha value is -2.03. The lowest BCUT2D eigenvalue weighted by Crippen LogP contribution is -2.20. The van der Waals surface area contributed by atoms with Gasteiger partial charge >= 0.3 is 0 Å². The van der Waals surface area contributed by atoms with Gasteiger partial charge in [0, 0.05) is 9.90 Å². The van der Waals surface area contributed by atoms with Crippen LogP contribution >= 0.6 is 22.9 Å². The van der Waals surface area contributed by atoms with Gasteiger partial charge in [0.2, 0.25) is 0 Å². The van der Waals surface area contributed by atoms with Gasteiger partial charge in [-0.3, -0.25) is 4.79 Å². The molecule has 22 heavy (non-hydrogen) atoms. The number of carbonyl (C=O) groups is 1. The van der Waals surface area contributed by atoms with Crippen molar-refractivity contribution in [3.63, 3.8) is 0 Å². The summed E-state index contributed by atoms with van der Waals surface area (Å²) in [7, 11) is 0. The third kappa shape index (κ3) is 3.59. The van der Waals surface area contributed by atoms with Crippen molar-refractivity contribution in [2.45, 2.75) is 20.8 Å². The molecule has 0 aliphatic rings. The number of nitrogens with zero attached hydrogens (tertiary/aromatic N) is 1. The maximum atomic E-state index is 12.0. The van der Waals surface area contributed by atoms with Crippen LogP contribution < -0.4 is 10.1 Å². The lowest BCUT2D eigenvalue weighted by molar-refractivity contribution is -0.118. The van der Waals surface area contributed by atoms with Crippen molar-refractivity contribution >= 4 is 33.8 Å². The zero-order chi connectivity index (χ0) is 16.3. The largest absolute Gasteiger partial charge is 0.483 e. The summed E-state index contributed by atoms with van der Waals surface area (Å²) in [5.41, 5.74) is 2.27. The first-order valence-electron chi connectivity index (χ1n) is 6.61. The average Bonchev–Trinajstić information content (AvgIpc) is 2.72. The van der Waals surface area contributed by atoms with E-state index in [4.69, 9.17) is 21.6 Å². The molecular weight excluding hydrogens is 320 g/mol. The number of anilines is 1. The molecule has 1 aromatic heterocycles. The average molecular weight is 335 g/mol. The monoisotopic (exact) mass is 334 g/mol. The van der Waals surface area contributed by atoms with E-state index in [2.05, 4.69) is 11.4 Å². The summed E-state index contributed by atoms with van der Waals surface area (Å²) in [6.45, 7) is 5.53. The molecule has 1 amide bonds. The molecule has 0 bridgehead atoms. The van der Waals surface area contributed by atoms with Crippen LogP contribution in [0.4, 0.5) is 5.00 Å². The van der Waals surface area contributed by atoms with Crippen molar-refractivity contribution in [3.8, 4) is 11.8 Å². The van der Waals surface area contributed by atoms with Crippen molar-refractivity contribution in [1.82, 2.24) is 0 Å². The Morgan fingerprint density at radius 1 is 1.41 bits per heavy atom. The Morgan fingerprint density at radius 2 is 2.14 bits per heavy atom. The summed E-state index contributed by atoms with van der Waals surface area (Å²) in [6.07, 6.45) is 0. The predicted molar refractivity (Wildman–Crippen MR) is 88.8 cm³/mol. The van der Waals surface area contributed by atoms with E-state index in [9.17, 15) is 4.79 Å². The SMILES string of the molecule is Cc1cc(Cl)ccc1OCC(=O)Nc1sc(C)c(C)c1C#N. The fourth-order valence-electron chi connectivity index (χ4n) is 1.93. The summed E-state index contributed by atoms with van der Waals surface area (Å²) >= 11 is 7.27. The molecule has 0 saturated carbocycles. The molecule has 114 valence electrons. The van der Waals surface area contributed by atoms with Gasteiger partial charge in [-0.25, -0.2) is 0 Å². The normalized spacial score (nSPS) is 10.1. The van der Waals surface area contributed by atoms with E-state index >= 15 is 0 Å². The number of halogens is 1. The van der Waals surface area contributed by atoms with E-state index in [0.717, 1.165) is 16.0 Å². The summed E-state index contributed by atoms with van der Waals surface area (Å²) in [5.74, 6) is 0.311. The highest BCUT2D eigenvalue weighted by atomic mass is 35.5. The number of aryl methyl sites for hydroxylation is 2. The second kappa shape index (κ2) is 6.82. The molecule has 2 aromatic rings. The maximum Gasteiger partial charge on any atom is 0.262 e. The number of hydrogen-bond donors (Lipinski definition) is 1. The van der Waals surface area contributed by atoms with Crippen molar-refractivity contribution < 1.29 is 9.53 Å². The van der Waals surface area contributed by atoms with Crippen molar-refractivity contribution in [3.05, 3.63) is 44.8 Å². The summed E-state index contributed by atoms with van der Waals surface area (Å²) < 4.78 is 5.49. The molecule has 0 spiro atoms. The van der Waals surface area contributed by atoms with Gasteiger partial charge in [0.05, 0.1) is 5.56 Å². The minimum Gasteiger partial charge on any atom is -0.483 e. The van der Waals surface area contributed by atoms with Crippen molar-refractivity contribution in [2.75, 3.05) is 11.9 Å². The van der Waals surface area contributed by atoms with Gasteiger partial charge in [-0.05, 0) is 50.1 Å². The first kappa shape index (κ1) is 16.3. The minimum absolute atomic E-state index is 0.122. The van der Waals surface area contributed by atoms with Gasteiger partial charge in [0.15, 0.2) is 6.61 Å². The highest BCUT2D eigenvalue weighted by Gasteiger charge is 2.15. The number of thiophene rings is 1. The Bertz CT molecular complexity index is 762. The van der Waals surface area contributed by atoms with Crippen LogP contribution in [0.1, 0.15) is 21.6 Å². The zero-order valence-electron chi connectivity index (χ0n) is 12.5. The molecule has 0 aliphatic carbocycles. The Balaban J connectivity index is 2.02. The predicted octanol–water partition coefficient (Wildman–Crippen LogP) is 4.22. The fraction of sp³-hybridized carbons (Fsp3) is 0.250. The molecule has 0 saturated heterocycles. The minimum atomic E-state index is -0.299. The van der Waals surface area contributed by atoms with E-state index in [1.165, 1.54) is 11.3 Å². The van der Waals surface area contributed by atoms with Crippen LogP contribution in [0.3, 0.4) is 0 Å². The van der Waals surface area contributed by atoms with Crippen LogP contribution in [0, 0.1) is 32.1 Å². The second-order valence-corrected chi connectivity index (χ2v) is 6.51. The molecule has 0 unspecified atom stereocenters. The lowest BCUT2D eigenvalue weighted by Gasteiger charge is -2.09. The van der Waals surface area contributed by atoms with Gasteiger partial charge in [-0.2, -0.15) is 5.26 Å². The standard InChI is InChI=1S/C16H15ClN2O2S/c1-9-6-12(17)4-5-14(9)21-8-15(20)19-16-13(7-18)10(2)11(3)22-16/h4-6H,8H2,1-3H3,(H,19,20). The number of amides is 1. The number of nitrogens with one attached hydrogen (secondary N) is 1. The van der Waals surface area contributed by atoms with Crippen molar-refractivity contribution in [2.24, 2.45) is 0 Å². The van der Waals surface area contributed by atoms with Gasteiger partial charge in [0.25, 0.3) is 5.91 Å². The summed E-state index contributed by atoms with van der Waals surface area (Å²) in [6, 6.07) is 7.33. The molecule has 1 N–H and O–H groups in total. The van der Waals surface area contributed by atoms with Gasteiger partial charge in [-0.15, -0.1) is 11.3 Å². The van der Waals surface area contributed by atoms with Gasteiger partial charge < -0.3 is 10.1 Å². The first-order chi connectivity index (χ1) is 10.4. The topological polar surface area (TPSA) is 62.1 Å². The number of ether oxygens (including phenoxy) is 1. The fourth-order valence-corrected chi connectivity index (χ4v) is 3.18. The Kier molecular flexibility index (Phi) is 5.07. The van der Waals surface area contributed by atoms with E-state index in [1.807, 2.05) is 20.8 Å². The first-order valence-corrected chi connectivity index (χ1v) is 7.80.